The van der Waals surface area contributed by atoms with Gasteiger partial charge in [0.25, 0.3) is 5.91 Å². The van der Waals surface area contributed by atoms with Crippen LogP contribution in [0.4, 0.5) is 4.39 Å². The maximum Gasteiger partial charge on any atom is 0.271 e. The van der Waals surface area contributed by atoms with Gasteiger partial charge in [0.2, 0.25) is 0 Å². The summed E-state index contributed by atoms with van der Waals surface area (Å²) < 4.78 is 14.0. The largest absolute Gasteiger partial charge is 0.354 e. The molecule has 2 aromatic rings. The number of H-pyrrole nitrogens is 1. The second kappa shape index (κ2) is 6.23. The van der Waals surface area contributed by atoms with Crippen LogP contribution >= 0.6 is 0 Å². The van der Waals surface area contributed by atoms with Gasteiger partial charge >= 0.3 is 0 Å². The lowest BCUT2D eigenvalue weighted by Gasteiger charge is -2.22. The van der Waals surface area contributed by atoms with Gasteiger partial charge in [-0.3, -0.25) is 9.59 Å². The van der Waals surface area contributed by atoms with Crippen molar-refractivity contribution in [2.45, 2.75) is 46.2 Å². The zero-order valence-corrected chi connectivity index (χ0v) is 14.1. The van der Waals surface area contributed by atoms with Crippen LogP contribution in [0.2, 0.25) is 0 Å². The normalized spacial score (nSPS) is 13.8. The number of aromatic nitrogens is 1. The molecule has 0 unspecified atom stereocenters. The molecule has 3 rings (SSSR count). The molecular weight excluding hydrogens is 307 g/mol. The molecule has 1 aliphatic carbocycles. The first-order valence-corrected chi connectivity index (χ1v) is 8.14. The van der Waals surface area contributed by atoms with Gasteiger partial charge in [-0.2, -0.15) is 0 Å². The summed E-state index contributed by atoms with van der Waals surface area (Å²) in [5.74, 6) is -0.541. The van der Waals surface area contributed by atoms with Crippen LogP contribution in [-0.4, -0.2) is 27.6 Å². The summed E-state index contributed by atoms with van der Waals surface area (Å²) in [7, 11) is 0. The molecule has 1 aliphatic rings. The molecule has 1 amide bonds. The van der Waals surface area contributed by atoms with Crippen molar-refractivity contribution in [1.29, 1.82) is 0 Å². The van der Waals surface area contributed by atoms with Gasteiger partial charge in [-0.05, 0) is 45.2 Å². The van der Waals surface area contributed by atoms with Crippen molar-refractivity contribution in [3.8, 4) is 0 Å². The highest BCUT2D eigenvalue weighted by Gasteiger charge is 2.35. The van der Waals surface area contributed by atoms with E-state index in [9.17, 15) is 14.0 Å². The molecule has 1 N–H and O–H groups in total. The van der Waals surface area contributed by atoms with E-state index in [0.29, 0.717) is 28.1 Å². The van der Waals surface area contributed by atoms with Gasteiger partial charge in [-0.1, -0.05) is 18.2 Å². The fraction of sp³-hybridized carbons (Fsp3) is 0.368. The Morgan fingerprint density at radius 1 is 1.25 bits per heavy atom. The summed E-state index contributed by atoms with van der Waals surface area (Å²) >= 11 is 0. The van der Waals surface area contributed by atoms with Crippen molar-refractivity contribution in [2.75, 3.05) is 0 Å². The third kappa shape index (κ3) is 2.98. The molecule has 4 nitrogen and oxygen atoms in total. The Bertz CT molecular complexity index is 806. The first-order chi connectivity index (χ1) is 11.4. The summed E-state index contributed by atoms with van der Waals surface area (Å²) in [6.45, 7) is 5.30. The van der Waals surface area contributed by atoms with E-state index in [4.69, 9.17) is 0 Å². The zero-order valence-electron chi connectivity index (χ0n) is 14.1. The van der Waals surface area contributed by atoms with Crippen molar-refractivity contribution < 1.29 is 14.0 Å². The Hall–Kier alpha value is -2.43. The molecule has 24 heavy (non-hydrogen) atoms. The maximum absolute atomic E-state index is 14.0. The summed E-state index contributed by atoms with van der Waals surface area (Å²) in [5, 5.41) is 0. The van der Waals surface area contributed by atoms with Crippen molar-refractivity contribution in [1.82, 2.24) is 9.88 Å². The molecular formula is C19H21FN2O2. The minimum Gasteiger partial charge on any atom is -0.354 e. The number of hydrogen-bond acceptors (Lipinski definition) is 2. The van der Waals surface area contributed by atoms with E-state index in [2.05, 4.69) is 4.98 Å². The Morgan fingerprint density at radius 3 is 2.46 bits per heavy atom. The number of benzene rings is 1. The fourth-order valence-electron chi connectivity index (χ4n) is 3.20. The minimum atomic E-state index is -0.306. The van der Waals surface area contributed by atoms with Gasteiger partial charge in [0.05, 0.1) is 0 Å². The fourth-order valence-corrected chi connectivity index (χ4v) is 3.20. The van der Waals surface area contributed by atoms with E-state index in [0.717, 1.165) is 12.8 Å². The Morgan fingerprint density at radius 2 is 1.92 bits per heavy atom. The van der Waals surface area contributed by atoms with Gasteiger partial charge < -0.3 is 9.88 Å². The molecule has 5 heteroatoms. The Labute approximate surface area is 140 Å². The molecule has 1 aromatic heterocycles. The lowest BCUT2D eigenvalue weighted by Crippen LogP contribution is -2.33. The number of aromatic amines is 1. The number of hydrogen-bond donors (Lipinski definition) is 1. The molecule has 0 spiro atoms. The van der Waals surface area contributed by atoms with Crippen molar-refractivity contribution in [3.63, 3.8) is 0 Å². The summed E-state index contributed by atoms with van der Waals surface area (Å²) in [4.78, 5) is 29.6. The SMILES string of the molecule is CC(=O)c1c(C)[nH]c(C(=O)N(Cc2ccccc2F)C2CC2)c1C. The molecule has 0 saturated heterocycles. The van der Waals surface area contributed by atoms with Gasteiger partial charge in [0.15, 0.2) is 5.78 Å². The number of carbonyl (C=O) groups is 2. The zero-order chi connectivity index (χ0) is 17.4. The molecule has 0 radical (unpaired) electrons. The van der Waals surface area contributed by atoms with Crippen LogP contribution in [0.1, 0.15) is 57.4 Å². The van der Waals surface area contributed by atoms with Crippen molar-refractivity contribution in [2.24, 2.45) is 0 Å². The van der Waals surface area contributed by atoms with Crippen LogP contribution in [-0.2, 0) is 6.54 Å². The van der Waals surface area contributed by atoms with Gasteiger partial charge in [-0.15, -0.1) is 0 Å². The highest BCUT2D eigenvalue weighted by atomic mass is 19.1. The monoisotopic (exact) mass is 328 g/mol. The standard InChI is InChI=1S/C19H21FN2O2/c1-11-17(13(3)23)12(2)21-18(11)19(24)22(15-8-9-15)10-14-6-4-5-7-16(14)20/h4-7,15,21H,8-10H2,1-3H3. The van der Waals surface area contributed by atoms with Crippen LogP contribution in [0.3, 0.4) is 0 Å². The summed E-state index contributed by atoms with van der Waals surface area (Å²) in [6, 6.07) is 6.65. The first kappa shape index (κ1) is 16.4. The molecule has 1 aromatic carbocycles. The molecule has 126 valence electrons. The van der Waals surface area contributed by atoms with Crippen LogP contribution in [0.5, 0.6) is 0 Å². The number of halogens is 1. The quantitative estimate of drug-likeness (QED) is 0.849. The number of ketones is 1. The number of amides is 1. The second-order valence-electron chi connectivity index (χ2n) is 6.44. The van der Waals surface area contributed by atoms with Crippen LogP contribution < -0.4 is 0 Å². The molecule has 0 atom stereocenters. The van der Waals surface area contributed by atoms with Crippen LogP contribution in [0.15, 0.2) is 24.3 Å². The van der Waals surface area contributed by atoms with Gasteiger partial charge in [0.1, 0.15) is 11.5 Å². The lowest BCUT2D eigenvalue weighted by molar-refractivity contribution is 0.0722. The molecule has 1 saturated carbocycles. The maximum atomic E-state index is 14.0. The highest BCUT2D eigenvalue weighted by molar-refractivity contribution is 6.02. The van der Waals surface area contributed by atoms with E-state index >= 15 is 0 Å². The topological polar surface area (TPSA) is 53.2 Å². The van der Waals surface area contributed by atoms with E-state index in [-0.39, 0.29) is 30.1 Å². The predicted octanol–water partition coefficient (Wildman–Crippen LogP) is 3.78. The van der Waals surface area contributed by atoms with E-state index in [1.165, 1.54) is 13.0 Å². The number of nitrogens with one attached hydrogen (secondary N) is 1. The number of Topliss-reactive ketones (excluding diaryl/α,β-unsaturated/α-hetero) is 1. The number of nitrogens with zero attached hydrogens (tertiary/aromatic N) is 1. The minimum absolute atomic E-state index is 0.0626. The average Bonchev–Trinajstić information content (AvgIpc) is 3.31. The van der Waals surface area contributed by atoms with Gasteiger partial charge in [0, 0.05) is 29.4 Å². The number of carbonyl (C=O) groups excluding carboxylic acids is 2. The Balaban J connectivity index is 1.93. The molecule has 1 heterocycles. The van der Waals surface area contributed by atoms with Crippen molar-refractivity contribution in [3.05, 3.63) is 58.2 Å². The third-order valence-corrected chi connectivity index (χ3v) is 4.55. The molecule has 1 fully saturated rings. The van der Waals surface area contributed by atoms with Gasteiger partial charge in [-0.25, -0.2) is 4.39 Å². The average molecular weight is 328 g/mol. The molecule has 0 aliphatic heterocycles. The number of rotatable bonds is 5. The van der Waals surface area contributed by atoms with Crippen LogP contribution in [0, 0.1) is 19.7 Å². The first-order valence-electron chi connectivity index (χ1n) is 8.14. The Kier molecular flexibility index (Phi) is 4.26. The summed E-state index contributed by atoms with van der Waals surface area (Å²) in [5.41, 5.74) is 2.88. The van der Waals surface area contributed by atoms with E-state index in [1.807, 2.05) is 0 Å². The van der Waals surface area contributed by atoms with Crippen LogP contribution in [0.25, 0.3) is 0 Å². The van der Waals surface area contributed by atoms with Crippen molar-refractivity contribution >= 4 is 11.7 Å². The van der Waals surface area contributed by atoms with E-state index < -0.39 is 0 Å². The molecule has 0 bridgehead atoms. The smallest absolute Gasteiger partial charge is 0.271 e. The predicted molar refractivity (Wildman–Crippen MR) is 89.6 cm³/mol. The highest BCUT2D eigenvalue weighted by Crippen LogP contribution is 2.31. The number of aryl methyl sites for hydroxylation is 1. The second-order valence-corrected chi connectivity index (χ2v) is 6.44. The third-order valence-electron chi connectivity index (χ3n) is 4.55. The summed E-state index contributed by atoms with van der Waals surface area (Å²) in [6.07, 6.45) is 1.86. The van der Waals surface area contributed by atoms with E-state index in [1.54, 1.807) is 36.9 Å². The lowest BCUT2D eigenvalue weighted by atomic mass is 10.1.